The molecule has 3 N–H and O–H groups in total. The summed E-state index contributed by atoms with van der Waals surface area (Å²) < 4.78 is 0. The maximum absolute atomic E-state index is 10.8. The molecule has 0 saturated carbocycles. The average Bonchev–Trinajstić information content (AvgIpc) is 2.47. The highest BCUT2D eigenvalue weighted by molar-refractivity contribution is 5.73. The molecule has 0 fully saturated rings. The Morgan fingerprint density at radius 1 is 0.909 bits per heavy atom. The van der Waals surface area contributed by atoms with Crippen molar-refractivity contribution in [2.45, 2.75) is 97.1 Å². The molecular weight excluding hydrogens is 276 g/mol. The second kappa shape index (κ2) is 15.3. The Hall–Kier alpha value is -0.610. The predicted molar refractivity (Wildman–Crippen MR) is 93.5 cm³/mol. The van der Waals surface area contributed by atoms with Gasteiger partial charge in [-0.1, -0.05) is 71.1 Å². The van der Waals surface area contributed by atoms with Crippen molar-refractivity contribution in [1.82, 2.24) is 4.90 Å². The van der Waals surface area contributed by atoms with Gasteiger partial charge in [-0.15, -0.1) is 0 Å². The topological polar surface area (TPSA) is 66.6 Å². The van der Waals surface area contributed by atoms with E-state index in [4.69, 9.17) is 5.73 Å². The number of hydrogen-bond donors (Lipinski definition) is 2. The number of unbranched alkanes of at least 4 members (excludes halogenated alkanes) is 10. The quantitative estimate of drug-likeness (QED) is 0.336. The van der Waals surface area contributed by atoms with Gasteiger partial charge in [-0.25, -0.2) is 0 Å². The molecule has 0 rings (SSSR count). The number of aliphatic hydroxyl groups is 1. The van der Waals surface area contributed by atoms with Gasteiger partial charge in [-0.05, 0) is 13.3 Å². The second-order valence-corrected chi connectivity index (χ2v) is 6.42. The summed E-state index contributed by atoms with van der Waals surface area (Å²) in [6.07, 6.45) is 14.3. The van der Waals surface area contributed by atoms with Gasteiger partial charge >= 0.3 is 0 Å². The number of rotatable bonds is 16. The van der Waals surface area contributed by atoms with Gasteiger partial charge in [0.25, 0.3) is 0 Å². The highest BCUT2D eigenvalue weighted by Crippen LogP contribution is 2.11. The molecular formula is C18H38N2O2. The van der Waals surface area contributed by atoms with Crippen molar-refractivity contribution in [3.05, 3.63) is 0 Å². The molecule has 4 nitrogen and oxygen atoms in total. The Morgan fingerprint density at radius 3 is 1.77 bits per heavy atom. The van der Waals surface area contributed by atoms with Crippen molar-refractivity contribution >= 4 is 5.91 Å². The smallest absolute Gasteiger partial charge is 0.218 e. The second-order valence-electron chi connectivity index (χ2n) is 6.42. The Kier molecular flexibility index (Phi) is 14.9. The van der Waals surface area contributed by atoms with E-state index in [2.05, 4.69) is 6.92 Å². The lowest BCUT2D eigenvalue weighted by Crippen LogP contribution is -2.36. The number of carbonyl (C=O) groups excluding carboxylic acids is 1. The van der Waals surface area contributed by atoms with Crippen LogP contribution in [0.25, 0.3) is 0 Å². The molecule has 1 amide bonds. The third-order valence-corrected chi connectivity index (χ3v) is 4.22. The molecule has 0 heterocycles. The van der Waals surface area contributed by atoms with Crippen LogP contribution in [0.15, 0.2) is 0 Å². The first-order valence-electron chi connectivity index (χ1n) is 9.28. The van der Waals surface area contributed by atoms with E-state index in [1.807, 2.05) is 4.90 Å². The van der Waals surface area contributed by atoms with Crippen LogP contribution in [0.1, 0.15) is 90.9 Å². The van der Waals surface area contributed by atoms with Crippen LogP contribution >= 0.6 is 0 Å². The number of aliphatic hydroxyl groups excluding tert-OH is 1. The molecule has 0 aliphatic carbocycles. The fourth-order valence-electron chi connectivity index (χ4n) is 2.72. The fourth-order valence-corrected chi connectivity index (χ4v) is 2.72. The van der Waals surface area contributed by atoms with Crippen LogP contribution in [0.3, 0.4) is 0 Å². The zero-order chi connectivity index (χ0) is 16.6. The van der Waals surface area contributed by atoms with Crippen LogP contribution in [-0.2, 0) is 4.79 Å². The molecule has 0 radical (unpaired) electrons. The number of nitrogens with zero attached hydrogens (tertiary/aromatic N) is 1. The van der Waals surface area contributed by atoms with Gasteiger partial charge in [0.1, 0.15) is 6.23 Å². The van der Waals surface area contributed by atoms with Crippen molar-refractivity contribution in [1.29, 1.82) is 0 Å². The maximum atomic E-state index is 10.8. The van der Waals surface area contributed by atoms with E-state index in [-0.39, 0.29) is 5.91 Å². The van der Waals surface area contributed by atoms with Crippen molar-refractivity contribution in [2.75, 3.05) is 13.1 Å². The molecule has 4 heteroatoms. The molecule has 0 aromatic carbocycles. The molecule has 0 bridgehead atoms. The number of hydrogen-bond acceptors (Lipinski definition) is 3. The van der Waals surface area contributed by atoms with Gasteiger partial charge in [-0.2, -0.15) is 0 Å². The van der Waals surface area contributed by atoms with E-state index >= 15 is 0 Å². The molecule has 0 aliphatic rings. The molecule has 0 aliphatic heterocycles. The van der Waals surface area contributed by atoms with Gasteiger partial charge in [0.15, 0.2) is 0 Å². The molecule has 132 valence electrons. The summed E-state index contributed by atoms with van der Waals surface area (Å²) in [7, 11) is 0. The number of amides is 1. The summed E-state index contributed by atoms with van der Waals surface area (Å²) in [5.41, 5.74) is 5.15. The van der Waals surface area contributed by atoms with Gasteiger partial charge in [0.05, 0.1) is 0 Å². The fraction of sp³-hybridized carbons (Fsp3) is 0.944. The minimum absolute atomic E-state index is 0.301. The summed E-state index contributed by atoms with van der Waals surface area (Å²) in [5.74, 6) is -0.301. The normalized spacial score (nSPS) is 12.7. The van der Waals surface area contributed by atoms with Gasteiger partial charge in [0.2, 0.25) is 5.91 Å². The lowest BCUT2D eigenvalue weighted by Gasteiger charge is -2.24. The molecule has 1 atom stereocenters. The van der Waals surface area contributed by atoms with Crippen molar-refractivity contribution in [2.24, 2.45) is 5.73 Å². The van der Waals surface area contributed by atoms with Gasteiger partial charge < -0.3 is 10.8 Å². The lowest BCUT2D eigenvalue weighted by atomic mass is 10.1. The van der Waals surface area contributed by atoms with Gasteiger partial charge in [-0.3, -0.25) is 9.69 Å². The largest absolute Gasteiger partial charge is 0.379 e. The van der Waals surface area contributed by atoms with Crippen LogP contribution in [0.4, 0.5) is 0 Å². The average molecular weight is 315 g/mol. The predicted octanol–water partition coefficient (Wildman–Crippen LogP) is 3.81. The summed E-state index contributed by atoms with van der Waals surface area (Å²) >= 11 is 0. The van der Waals surface area contributed by atoms with Crippen LogP contribution in [0.2, 0.25) is 0 Å². The summed E-state index contributed by atoms with van der Waals surface area (Å²) in [6, 6.07) is 0. The lowest BCUT2D eigenvalue weighted by molar-refractivity contribution is -0.118. The SMILES string of the molecule is CCCCCCCCCCCCCN(CCC(N)=O)C(C)O. The van der Waals surface area contributed by atoms with E-state index in [0.29, 0.717) is 13.0 Å². The highest BCUT2D eigenvalue weighted by Gasteiger charge is 2.11. The Bertz CT molecular complexity index is 257. The van der Waals surface area contributed by atoms with Crippen molar-refractivity contribution < 1.29 is 9.90 Å². The van der Waals surface area contributed by atoms with E-state index in [9.17, 15) is 9.90 Å². The summed E-state index contributed by atoms with van der Waals surface area (Å²) in [4.78, 5) is 12.7. The monoisotopic (exact) mass is 314 g/mol. The van der Waals surface area contributed by atoms with Crippen molar-refractivity contribution in [3.63, 3.8) is 0 Å². The molecule has 0 aromatic rings. The summed E-state index contributed by atoms with van der Waals surface area (Å²) in [5, 5.41) is 9.66. The van der Waals surface area contributed by atoms with Crippen molar-refractivity contribution in [3.8, 4) is 0 Å². The first-order valence-corrected chi connectivity index (χ1v) is 9.28. The minimum atomic E-state index is -0.498. The molecule has 22 heavy (non-hydrogen) atoms. The van der Waals surface area contributed by atoms with Crippen LogP contribution in [-0.4, -0.2) is 35.2 Å². The Labute approximate surface area is 137 Å². The standard InChI is InChI=1S/C18H38N2O2/c1-3-4-5-6-7-8-9-10-11-12-13-15-20(17(2)21)16-14-18(19)22/h17,21H,3-16H2,1-2H3,(H2,19,22). The summed E-state index contributed by atoms with van der Waals surface area (Å²) in [6.45, 7) is 5.42. The maximum Gasteiger partial charge on any atom is 0.218 e. The van der Waals surface area contributed by atoms with E-state index < -0.39 is 6.23 Å². The van der Waals surface area contributed by atoms with Crippen LogP contribution in [0, 0.1) is 0 Å². The van der Waals surface area contributed by atoms with E-state index in [1.165, 1.54) is 64.2 Å². The van der Waals surface area contributed by atoms with E-state index in [1.54, 1.807) is 6.92 Å². The molecule has 0 spiro atoms. The number of primary amides is 1. The third kappa shape index (κ3) is 14.3. The molecule has 0 saturated heterocycles. The number of carbonyl (C=O) groups is 1. The van der Waals surface area contributed by atoms with E-state index in [0.717, 1.165) is 13.0 Å². The zero-order valence-corrected chi connectivity index (χ0v) is 14.9. The Balaban J connectivity index is 3.40. The first kappa shape index (κ1) is 21.4. The zero-order valence-electron chi connectivity index (χ0n) is 14.9. The first-order chi connectivity index (χ1) is 10.6. The molecule has 0 aromatic heterocycles. The number of nitrogens with two attached hydrogens (primary N) is 1. The third-order valence-electron chi connectivity index (χ3n) is 4.22. The van der Waals surface area contributed by atoms with Crippen LogP contribution < -0.4 is 5.73 Å². The minimum Gasteiger partial charge on any atom is -0.379 e. The van der Waals surface area contributed by atoms with Gasteiger partial charge in [0, 0.05) is 19.5 Å². The molecule has 1 unspecified atom stereocenters. The Morgan fingerprint density at radius 2 is 1.36 bits per heavy atom. The highest BCUT2D eigenvalue weighted by atomic mass is 16.3. The van der Waals surface area contributed by atoms with Crippen LogP contribution in [0.5, 0.6) is 0 Å².